The maximum absolute atomic E-state index is 10.2. The Labute approximate surface area is 68.0 Å². The van der Waals surface area contributed by atoms with E-state index in [1.165, 1.54) is 0 Å². The van der Waals surface area contributed by atoms with Crippen LogP contribution in [-0.2, 0) is 4.79 Å². The Bertz CT molecular complexity index is 123. The van der Waals surface area contributed by atoms with Crippen LogP contribution in [0.15, 0.2) is 0 Å². The first kappa shape index (κ1) is 10.4. The molecule has 1 atom stereocenters. The topological polar surface area (TPSA) is 40.5 Å². The predicted molar refractivity (Wildman–Crippen MR) is 44.6 cm³/mol. The zero-order valence-electron chi connectivity index (χ0n) is 7.50. The second-order valence-electron chi connectivity index (χ2n) is 3.30. The summed E-state index contributed by atoms with van der Waals surface area (Å²) in [5, 5.41) is 8.38. The van der Waals surface area contributed by atoms with Gasteiger partial charge in [0.1, 0.15) is 0 Å². The van der Waals surface area contributed by atoms with Gasteiger partial charge in [-0.2, -0.15) is 0 Å². The van der Waals surface area contributed by atoms with E-state index in [9.17, 15) is 4.79 Å². The maximum Gasteiger partial charge on any atom is 0.303 e. The number of nitrogens with zero attached hydrogens (tertiary/aromatic N) is 1. The molecule has 0 aromatic rings. The molecule has 0 aromatic heterocycles. The van der Waals surface area contributed by atoms with Crippen LogP contribution in [-0.4, -0.2) is 36.6 Å². The highest BCUT2D eigenvalue weighted by Crippen LogP contribution is 2.05. The molecule has 1 unspecified atom stereocenters. The summed E-state index contributed by atoms with van der Waals surface area (Å²) in [5.41, 5.74) is 0. The molecule has 0 radical (unpaired) electrons. The normalized spacial score (nSPS) is 13.5. The number of rotatable bonds is 5. The smallest absolute Gasteiger partial charge is 0.303 e. The number of hydrogen-bond acceptors (Lipinski definition) is 2. The number of carbonyl (C=O) groups is 1. The average Bonchev–Trinajstić information content (AvgIpc) is 1.82. The fourth-order valence-corrected chi connectivity index (χ4v) is 1.08. The lowest BCUT2D eigenvalue weighted by Crippen LogP contribution is -2.20. The van der Waals surface area contributed by atoms with Crippen LogP contribution in [0.2, 0.25) is 0 Å². The highest BCUT2D eigenvalue weighted by atomic mass is 16.4. The van der Waals surface area contributed by atoms with Gasteiger partial charge >= 0.3 is 5.97 Å². The van der Waals surface area contributed by atoms with E-state index in [2.05, 4.69) is 11.8 Å². The van der Waals surface area contributed by atoms with E-state index in [1.807, 2.05) is 14.1 Å². The summed E-state index contributed by atoms with van der Waals surface area (Å²) in [6, 6.07) is 0. The van der Waals surface area contributed by atoms with Gasteiger partial charge in [0.05, 0.1) is 0 Å². The average molecular weight is 159 g/mol. The predicted octanol–water partition coefficient (Wildman–Crippen LogP) is 1.05. The van der Waals surface area contributed by atoms with E-state index in [4.69, 9.17) is 5.11 Å². The van der Waals surface area contributed by atoms with Crippen molar-refractivity contribution >= 4 is 5.97 Å². The van der Waals surface area contributed by atoms with Crippen LogP contribution in [0.1, 0.15) is 19.8 Å². The van der Waals surface area contributed by atoms with Gasteiger partial charge in [-0.3, -0.25) is 4.79 Å². The second-order valence-corrected chi connectivity index (χ2v) is 3.30. The first-order chi connectivity index (χ1) is 5.02. The van der Waals surface area contributed by atoms with Crippen LogP contribution in [0.4, 0.5) is 0 Å². The number of carboxylic acids is 1. The van der Waals surface area contributed by atoms with Crippen LogP contribution < -0.4 is 0 Å². The molecule has 3 nitrogen and oxygen atoms in total. The summed E-state index contributed by atoms with van der Waals surface area (Å²) >= 11 is 0. The van der Waals surface area contributed by atoms with E-state index in [1.54, 1.807) is 0 Å². The third kappa shape index (κ3) is 7.33. The molecule has 0 saturated carbocycles. The molecular formula is C8H17NO2. The minimum Gasteiger partial charge on any atom is -0.481 e. The second kappa shape index (κ2) is 5.13. The van der Waals surface area contributed by atoms with Gasteiger partial charge in [0.2, 0.25) is 0 Å². The third-order valence-electron chi connectivity index (χ3n) is 1.53. The maximum atomic E-state index is 10.2. The Morgan fingerprint density at radius 1 is 1.55 bits per heavy atom. The lowest BCUT2D eigenvalue weighted by molar-refractivity contribution is -0.137. The molecule has 0 heterocycles. The summed E-state index contributed by atoms with van der Waals surface area (Å²) in [6.45, 7) is 3.04. The van der Waals surface area contributed by atoms with Crippen molar-refractivity contribution in [3.05, 3.63) is 0 Å². The molecule has 0 spiro atoms. The molecule has 11 heavy (non-hydrogen) atoms. The molecule has 0 aliphatic rings. The van der Waals surface area contributed by atoms with Gasteiger partial charge in [-0.1, -0.05) is 6.92 Å². The Morgan fingerprint density at radius 2 is 2.09 bits per heavy atom. The van der Waals surface area contributed by atoms with Gasteiger partial charge in [-0.05, 0) is 26.4 Å². The Morgan fingerprint density at radius 3 is 2.45 bits per heavy atom. The lowest BCUT2D eigenvalue weighted by atomic mass is 10.1. The molecule has 0 amide bonds. The van der Waals surface area contributed by atoms with Crippen LogP contribution in [0, 0.1) is 5.92 Å². The Hall–Kier alpha value is -0.570. The Kier molecular flexibility index (Phi) is 4.86. The minimum absolute atomic E-state index is 0.287. The van der Waals surface area contributed by atoms with Crippen LogP contribution >= 0.6 is 0 Å². The fraction of sp³-hybridized carbons (Fsp3) is 0.875. The van der Waals surface area contributed by atoms with Gasteiger partial charge in [0, 0.05) is 13.0 Å². The SMILES string of the molecule is CC(CCC(=O)O)CN(C)C. The van der Waals surface area contributed by atoms with Gasteiger partial charge < -0.3 is 10.0 Å². The molecule has 0 fully saturated rings. The Balaban J connectivity index is 3.37. The molecule has 66 valence electrons. The number of aliphatic carboxylic acids is 1. The van der Waals surface area contributed by atoms with Crippen molar-refractivity contribution in [2.45, 2.75) is 19.8 Å². The van der Waals surface area contributed by atoms with Crippen molar-refractivity contribution in [1.29, 1.82) is 0 Å². The first-order valence-corrected chi connectivity index (χ1v) is 3.89. The number of carboxylic acid groups (broad SMARTS) is 1. The van der Waals surface area contributed by atoms with Crippen molar-refractivity contribution in [2.24, 2.45) is 5.92 Å². The molecule has 0 aromatic carbocycles. The molecular weight excluding hydrogens is 142 g/mol. The van der Waals surface area contributed by atoms with Gasteiger partial charge in [0.25, 0.3) is 0 Å². The molecule has 0 aliphatic heterocycles. The van der Waals surface area contributed by atoms with Crippen molar-refractivity contribution in [3.8, 4) is 0 Å². The van der Waals surface area contributed by atoms with E-state index in [-0.39, 0.29) is 6.42 Å². The molecule has 0 aliphatic carbocycles. The zero-order chi connectivity index (χ0) is 8.85. The summed E-state index contributed by atoms with van der Waals surface area (Å²) in [6.07, 6.45) is 1.06. The van der Waals surface area contributed by atoms with E-state index in [0.717, 1.165) is 13.0 Å². The molecule has 3 heteroatoms. The minimum atomic E-state index is -0.699. The molecule has 0 saturated heterocycles. The van der Waals surface area contributed by atoms with Crippen molar-refractivity contribution in [1.82, 2.24) is 4.90 Å². The van der Waals surface area contributed by atoms with Gasteiger partial charge in [-0.25, -0.2) is 0 Å². The summed E-state index contributed by atoms with van der Waals surface area (Å²) in [4.78, 5) is 12.3. The standard InChI is InChI=1S/C8H17NO2/c1-7(6-9(2)3)4-5-8(10)11/h7H,4-6H2,1-3H3,(H,10,11). The molecule has 0 rings (SSSR count). The van der Waals surface area contributed by atoms with Crippen LogP contribution in [0.3, 0.4) is 0 Å². The first-order valence-electron chi connectivity index (χ1n) is 3.89. The highest BCUT2D eigenvalue weighted by Gasteiger charge is 2.05. The lowest BCUT2D eigenvalue weighted by Gasteiger charge is -2.15. The van der Waals surface area contributed by atoms with Crippen molar-refractivity contribution in [3.63, 3.8) is 0 Å². The van der Waals surface area contributed by atoms with E-state index >= 15 is 0 Å². The molecule has 1 N–H and O–H groups in total. The van der Waals surface area contributed by atoms with Crippen LogP contribution in [0.5, 0.6) is 0 Å². The quantitative estimate of drug-likeness (QED) is 0.651. The fourth-order valence-electron chi connectivity index (χ4n) is 1.08. The summed E-state index contributed by atoms with van der Waals surface area (Å²) < 4.78 is 0. The summed E-state index contributed by atoms with van der Waals surface area (Å²) in [7, 11) is 3.99. The largest absolute Gasteiger partial charge is 0.481 e. The van der Waals surface area contributed by atoms with E-state index in [0.29, 0.717) is 5.92 Å². The number of hydrogen-bond donors (Lipinski definition) is 1. The summed E-state index contributed by atoms with van der Waals surface area (Å²) in [5.74, 6) is -0.225. The van der Waals surface area contributed by atoms with Crippen molar-refractivity contribution in [2.75, 3.05) is 20.6 Å². The zero-order valence-corrected chi connectivity index (χ0v) is 7.50. The van der Waals surface area contributed by atoms with Gasteiger partial charge in [0.15, 0.2) is 0 Å². The van der Waals surface area contributed by atoms with Crippen LogP contribution in [0.25, 0.3) is 0 Å². The van der Waals surface area contributed by atoms with E-state index < -0.39 is 5.97 Å². The van der Waals surface area contributed by atoms with Gasteiger partial charge in [-0.15, -0.1) is 0 Å². The monoisotopic (exact) mass is 159 g/mol. The third-order valence-corrected chi connectivity index (χ3v) is 1.53. The molecule has 0 bridgehead atoms. The van der Waals surface area contributed by atoms with Crippen molar-refractivity contribution < 1.29 is 9.90 Å². The highest BCUT2D eigenvalue weighted by molar-refractivity contribution is 5.66.